The van der Waals surface area contributed by atoms with Crippen LogP contribution in [0.2, 0.25) is 0 Å². The van der Waals surface area contributed by atoms with E-state index in [2.05, 4.69) is 152 Å². The van der Waals surface area contributed by atoms with Crippen LogP contribution in [0.25, 0.3) is 142 Å². The Hall–Kier alpha value is -10.5. The topological polar surface area (TPSA) is 100 Å². The average Bonchev–Trinajstić information content (AvgIpc) is 0.727. The van der Waals surface area contributed by atoms with Crippen LogP contribution >= 0.6 is 0 Å². The van der Waals surface area contributed by atoms with Crippen LogP contribution in [0.15, 0.2) is 228 Å². The molecule has 0 spiro atoms. The summed E-state index contributed by atoms with van der Waals surface area (Å²) in [5.41, 5.74) is 8.95. The Bertz CT molecular complexity index is 5350. The van der Waals surface area contributed by atoms with Crippen molar-refractivity contribution in [2.24, 2.45) is 0 Å². The smallest absolute Gasteiger partial charge is 0.344 e. The Morgan fingerprint density at radius 2 is 0.726 bits per heavy atom. The van der Waals surface area contributed by atoms with Crippen LogP contribution in [0.1, 0.15) is 27.7 Å². The van der Waals surface area contributed by atoms with E-state index in [-0.39, 0.29) is 5.63 Å². The van der Waals surface area contributed by atoms with E-state index in [1.54, 1.807) is 0 Å². The molecule has 13 aromatic carbocycles. The van der Waals surface area contributed by atoms with Gasteiger partial charge in [-0.25, -0.2) is 14.4 Å². The lowest BCUT2D eigenvalue weighted by molar-refractivity contribution is 0.563. The number of rotatable bonds is 12. The maximum Gasteiger partial charge on any atom is 0.344 e. The molecule has 0 bridgehead atoms. The fourth-order valence-corrected chi connectivity index (χ4v) is 13.7. The summed E-state index contributed by atoms with van der Waals surface area (Å²) in [4.78, 5) is 48.8. The van der Waals surface area contributed by atoms with Gasteiger partial charge < -0.3 is 28.0 Å². The molecule has 0 radical (unpaired) electrons. The Labute approximate surface area is 481 Å². The van der Waals surface area contributed by atoms with E-state index in [0.29, 0.717) is 33.4 Å². The molecule has 0 atom stereocenters. The zero-order chi connectivity index (χ0) is 56.6. The second-order valence-corrected chi connectivity index (χ2v) is 22.1. The summed E-state index contributed by atoms with van der Waals surface area (Å²) in [6.07, 6.45) is 0. The highest BCUT2D eigenvalue weighted by Gasteiger charge is 2.27. The number of anilines is 5. The van der Waals surface area contributed by atoms with E-state index in [1.165, 1.54) is 0 Å². The first-order valence-corrected chi connectivity index (χ1v) is 28.9. The molecule has 3 aromatic heterocycles. The highest BCUT2D eigenvalue weighted by molar-refractivity contribution is 6.46. The first kappa shape index (κ1) is 49.3. The Morgan fingerprint density at radius 3 is 1.30 bits per heavy atom. The van der Waals surface area contributed by atoms with E-state index >= 15 is 0 Å². The van der Waals surface area contributed by atoms with Crippen LogP contribution < -0.4 is 31.6 Å². The third-order valence-corrected chi connectivity index (χ3v) is 17.8. The molecule has 84 heavy (non-hydrogen) atoms. The summed E-state index contributed by atoms with van der Waals surface area (Å²) in [6.45, 7) is 11.8. The largest absolute Gasteiger partial charge is 0.422 e. The van der Waals surface area contributed by atoms with Crippen molar-refractivity contribution in [1.82, 2.24) is 0 Å². The molecule has 16 rings (SSSR count). The van der Waals surface area contributed by atoms with Crippen LogP contribution in [-0.2, 0) is 0 Å². The SMILES string of the molecule is CCN(CC)c1ccc2cc(-c3ccc(N(c4ccc(-c5cc6ccc(N(CC)CC)cc6oc5=O)cc4)c4cc5ccc6ccc7c(-c8cc9c(ccc%10ccccc%109)oc8=O)cc8ccc9ccc4c4c9c8c7c6c54)cc3)c(=O)oc2c1. The molecule has 3 heterocycles. The summed E-state index contributed by atoms with van der Waals surface area (Å²) < 4.78 is 18.2. The van der Waals surface area contributed by atoms with Crippen molar-refractivity contribution in [3.8, 4) is 33.4 Å². The lowest BCUT2D eigenvalue weighted by Gasteiger charge is -2.29. The first-order valence-electron chi connectivity index (χ1n) is 28.9. The van der Waals surface area contributed by atoms with Crippen molar-refractivity contribution in [1.29, 1.82) is 0 Å². The molecule has 0 aliphatic heterocycles. The third-order valence-electron chi connectivity index (χ3n) is 17.8. The second-order valence-electron chi connectivity index (χ2n) is 22.1. The van der Waals surface area contributed by atoms with Gasteiger partial charge in [0.2, 0.25) is 0 Å². The zero-order valence-corrected chi connectivity index (χ0v) is 46.7. The van der Waals surface area contributed by atoms with Crippen LogP contribution in [0.4, 0.5) is 28.4 Å². The Kier molecular flexibility index (Phi) is 11.0. The Balaban J connectivity index is 0.889. The molecular weight excluding hydrogens is 1040 g/mol. The highest BCUT2D eigenvalue weighted by Crippen LogP contribution is 2.53. The molecule has 16 aromatic rings. The van der Waals surface area contributed by atoms with Gasteiger partial charge in [-0.1, -0.05) is 103 Å². The van der Waals surface area contributed by atoms with E-state index in [1.807, 2.05) is 91.0 Å². The van der Waals surface area contributed by atoms with Crippen LogP contribution in [0.3, 0.4) is 0 Å². The lowest BCUT2D eigenvalue weighted by atomic mass is 9.80. The quantitative estimate of drug-likeness (QED) is 0.0673. The maximum atomic E-state index is 14.3. The normalized spacial score (nSPS) is 12.1. The predicted octanol–water partition coefficient (Wildman–Crippen LogP) is 18.6. The van der Waals surface area contributed by atoms with Gasteiger partial charge in [-0.15, -0.1) is 0 Å². The second kappa shape index (κ2) is 18.8. The van der Waals surface area contributed by atoms with Crippen molar-refractivity contribution in [3.63, 3.8) is 0 Å². The van der Waals surface area contributed by atoms with Crippen molar-refractivity contribution in [2.75, 3.05) is 40.9 Å². The highest BCUT2D eigenvalue weighted by atomic mass is 16.4. The fraction of sp³-hybridized carbons (Fsp3) is 0.107. The number of hydrogen-bond acceptors (Lipinski definition) is 9. The summed E-state index contributed by atoms with van der Waals surface area (Å²) >= 11 is 0. The minimum Gasteiger partial charge on any atom is -0.422 e. The van der Waals surface area contributed by atoms with Gasteiger partial charge in [-0.05, 0) is 194 Å². The monoisotopic (exact) mass is 1090 g/mol. The lowest BCUT2D eigenvalue weighted by Crippen LogP contribution is -2.21. The van der Waals surface area contributed by atoms with Gasteiger partial charge >= 0.3 is 16.9 Å². The first-order chi connectivity index (χ1) is 41.2. The van der Waals surface area contributed by atoms with Crippen molar-refractivity contribution in [2.45, 2.75) is 27.7 Å². The molecule has 0 aliphatic rings. The fourth-order valence-electron chi connectivity index (χ4n) is 13.7. The molecule has 0 unspecified atom stereocenters. The number of hydrogen-bond donors (Lipinski definition) is 0. The third kappa shape index (κ3) is 7.37. The summed E-state index contributed by atoms with van der Waals surface area (Å²) in [7, 11) is 0. The summed E-state index contributed by atoms with van der Waals surface area (Å²) in [5, 5.41) is 17.9. The van der Waals surface area contributed by atoms with Crippen LogP contribution in [0, 0.1) is 0 Å². The minimum atomic E-state index is -0.404. The molecule has 0 N–H and O–H groups in total. The van der Waals surface area contributed by atoms with Crippen LogP contribution in [-0.4, -0.2) is 26.2 Å². The molecule has 9 nitrogen and oxygen atoms in total. The van der Waals surface area contributed by atoms with Crippen molar-refractivity contribution in [3.05, 3.63) is 231 Å². The van der Waals surface area contributed by atoms with Gasteiger partial charge in [0, 0.05) is 88.0 Å². The number of benzene rings is 13. The van der Waals surface area contributed by atoms with Gasteiger partial charge in [0.05, 0.1) is 22.4 Å². The van der Waals surface area contributed by atoms with Crippen molar-refractivity contribution >= 4 is 137 Å². The van der Waals surface area contributed by atoms with E-state index < -0.39 is 11.3 Å². The number of nitrogens with zero attached hydrogens (tertiary/aromatic N) is 3. The summed E-state index contributed by atoms with van der Waals surface area (Å²) in [5.74, 6) is 0. The molecule has 0 amide bonds. The van der Waals surface area contributed by atoms with Gasteiger partial charge in [0.1, 0.15) is 16.7 Å². The molecule has 404 valence electrons. The molecule has 0 saturated heterocycles. The number of fused-ring (bicyclic) bond motifs is 5. The van der Waals surface area contributed by atoms with Crippen LogP contribution in [0.5, 0.6) is 0 Å². The Morgan fingerprint density at radius 1 is 0.298 bits per heavy atom. The maximum absolute atomic E-state index is 14.3. The van der Waals surface area contributed by atoms with E-state index in [9.17, 15) is 14.4 Å². The van der Waals surface area contributed by atoms with Crippen molar-refractivity contribution < 1.29 is 13.3 Å². The summed E-state index contributed by atoms with van der Waals surface area (Å²) in [6, 6.07) is 68.4. The van der Waals surface area contributed by atoms with E-state index in [0.717, 1.165) is 163 Å². The molecule has 0 aliphatic carbocycles. The van der Waals surface area contributed by atoms with Gasteiger partial charge in [0.25, 0.3) is 0 Å². The minimum absolute atomic E-state index is 0.376. The molecule has 0 fully saturated rings. The molecule has 0 saturated carbocycles. The predicted molar refractivity (Wildman–Crippen MR) is 349 cm³/mol. The zero-order valence-electron chi connectivity index (χ0n) is 46.7. The van der Waals surface area contributed by atoms with Gasteiger partial charge in [-0.3, -0.25) is 0 Å². The standard InChI is InChI=1S/C75H53N3O6/c1-5-76(6-2)53-30-21-47-35-58(73(79)83-65(47)39-53)43-17-26-51(27-18-43)78(52-28-19-44(20-29-52)59-36-48-22-31-54(77(7-3)8-4)40-66(48)84-74(59)80)63-38-50-16-14-45-23-32-56-60(62-41-61-55-12-10-9-11-42(55)25-34-64(61)82-75(62)81)37-49-15-13-46-24-33-57(63)72-68(46)69(49)71(56)67(45)70(50)72/h9-41H,5-8H2,1-4H3. The molecule has 9 heteroatoms. The van der Waals surface area contributed by atoms with E-state index in [4.69, 9.17) is 13.3 Å². The van der Waals surface area contributed by atoms with Gasteiger partial charge in [0.15, 0.2) is 0 Å². The van der Waals surface area contributed by atoms with Gasteiger partial charge in [-0.2, -0.15) is 0 Å². The average molecular weight is 1090 g/mol. The molecular formula is C75H53N3O6.